The van der Waals surface area contributed by atoms with Gasteiger partial charge in [0.25, 0.3) is 0 Å². The molecule has 1 N–H and O–H groups in total. The second kappa shape index (κ2) is 7.02. The highest BCUT2D eigenvalue weighted by molar-refractivity contribution is 7.99. The Hall–Kier alpha value is -2.38. The van der Waals surface area contributed by atoms with Crippen LogP contribution in [0.4, 0.5) is 5.69 Å². The molecular formula is C16H13ClN4O2S. The van der Waals surface area contributed by atoms with E-state index in [-0.39, 0.29) is 16.8 Å². The fourth-order valence-corrected chi connectivity index (χ4v) is 2.88. The van der Waals surface area contributed by atoms with E-state index in [1.165, 1.54) is 10.6 Å². The van der Waals surface area contributed by atoms with Crippen LogP contribution >= 0.6 is 23.4 Å². The van der Waals surface area contributed by atoms with E-state index < -0.39 is 5.69 Å². The summed E-state index contributed by atoms with van der Waals surface area (Å²) in [6.07, 6.45) is 1.46. The normalized spacial score (nSPS) is 10.8. The number of hydrogen-bond donors (Lipinski definition) is 1. The maximum Gasteiger partial charge on any atom is 0.355 e. The molecule has 0 fully saturated rings. The van der Waals surface area contributed by atoms with E-state index in [1.807, 2.05) is 31.2 Å². The molecule has 6 nitrogen and oxygen atoms in total. The van der Waals surface area contributed by atoms with Crippen LogP contribution in [-0.4, -0.2) is 26.0 Å². The predicted octanol–water partition coefficient (Wildman–Crippen LogP) is 2.78. The van der Waals surface area contributed by atoms with Crippen molar-refractivity contribution in [3.8, 4) is 0 Å². The number of aryl methyl sites for hydroxylation is 1. The van der Waals surface area contributed by atoms with Crippen molar-refractivity contribution in [3.63, 3.8) is 0 Å². The van der Waals surface area contributed by atoms with E-state index in [0.717, 1.165) is 23.0 Å². The maximum atomic E-state index is 12.0. The predicted molar refractivity (Wildman–Crippen MR) is 94.8 cm³/mol. The number of benzene rings is 1. The number of pyridine rings is 1. The number of amides is 1. The lowest BCUT2D eigenvalue weighted by molar-refractivity contribution is -0.113. The van der Waals surface area contributed by atoms with Gasteiger partial charge in [-0.25, -0.2) is 14.2 Å². The van der Waals surface area contributed by atoms with E-state index in [2.05, 4.69) is 15.3 Å². The number of halogens is 1. The van der Waals surface area contributed by atoms with Crippen LogP contribution in [-0.2, 0) is 4.79 Å². The van der Waals surface area contributed by atoms with Crippen molar-refractivity contribution in [1.29, 1.82) is 0 Å². The van der Waals surface area contributed by atoms with Crippen LogP contribution in [0.5, 0.6) is 0 Å². The first-order valence-electron chi connectivity index (χ1n) is 7.06. The lowest BCUT2D eigenvalue weighted by atomic mass is 10.2. The van der Waals surface area contributed by atoms with Gasteiger partial charge in [0.15, 0.2) is 5.16 Å². The van der Waals surface area contributed by atoms with Gasteiger partial charge in [0.1, 0.15) is 5.65 Å². The number of carbonyl (C=O) groups excluding carboxylic acids is 1. The maximum absolute atomic E-state index is 12.0. The molecule has 0 bridgehead atoms. The Balaban J connectivity index is 1.70. The lowest BCUT2D eigenvalue weighted by Gasteiger charge is -2.06. The summed E-state index contributed by atoms with van der Waals surface area (Å²) in [5.74, 6) is -0.0811. The first-order valence-corrected chi connectivity index (χ1v) is 8.43. The molecular weight excluding hydrogens is 348 g/mol. The van der Waals surface area contributed by atoms with Gasteiger partial charge in [-0.15, -0.1) is 0 Å². The third kappa shape index (κ3) is 3.93. The molecule has 0 atom stereocenters. The van der Waals surface area contributed by atoms with Crippen molar-refractivity contribution in [1.82, 2.24) is 14.4 Å². The van der Waals surface area contributed by atoms with Gasteiger partial charge >= 0.3 is 5.69 Å². The summed E-state index contributed by atoms with van der Waals surface area (Å²) in [6.45, 7) is 1.95. The van der Waals surface area contributed by atoms with Crippen LogP contribution in [0, 0.1) is 6.92 Å². The van der Waals surface area contributed by atoms with Crippen LogP contribution in [0.3, 0.4) is 0 Å². The molecule has 1 aromatic carbocycles. The van der Waals surface area contributed by atoms with Crippen LogP contribution < -0.4 is 11.0 Å². The molecule has 0 radical (unpaired) electrons. The molecule has 2 heterocycles. The third-order valence-electron chi connectivity index (χ3n) is 3.13. The highest BCUT2D eigenvalue weighted by Gasteiger charge is 2.09. The zero-order valence-electron chi connectivity index (χ0n) is 12.7. The summed E-state index contributed by atoms with van der Waals surface area (Å²) in [6, 6.07) is 10.8. The molecule has 3 aromatic rings. The first-order chi connectivity index (χ1) is 11.5. The highest BCUT2D eigenvalue weighted by atomic mass is 35.5. The summed E-state index contributed by atoms with van der Waals surface area (Å²) in [4.78, 5) is 32.1. The number of rotatable bonds is 4. The zero-order valence-corrected chi connectivity index (χ0v) is 14.3. The fraction of sp³-hybridized carbons (Fsp3) is 0.125. The largest absolute Gasteiger partial charge is 0.355 e. The number of aromatic nitrogens is 3. The molecule has 0 saturated carbocycles. The molecule has 0 aliphatic rings. The van der Waals surface area contributed by atoms with Crippen molar-refractivity contribution >= 4 is 40.6 Å². The van der Waals surface area contributed by atoms with Gasteiger partial charge in [-0.3, -0.25) is 4.79 Å². The molecule has 24 heavy (non-hydrogen) atoms. The Bertz CT molecular complexity index is 974. The van der Waals surface area contributed by atoms with E-state index in [9.17, 15) is 9.59 Å². The number of nitrogens with zero attached hydrogens (tertiary/aromatic N) is 3. The quantitative estimate of drug-likeness (QED) is 0.724. The number of hydrogen-bond acceptors (Lipinski definition) is 5. The van der Waals surface area contributed by atoms with E-state index in [0.29, 0.717) is 10.7 Å². The molecule has 2 aromatic heterocycles. The van der Waals surface area contributed by atoms with Gasteiger partial charge in [-0.05, 0) is 36.8 Å². The highest BCUT2D eigenvalue weighted by Crippen LogP contribution is 2.15. The first kappa shape index (κ1) is 16.5. The van der Waals surface area contributed by atoms with E-state index in [1.54, 1.807) is 12.1 Å². The van der Waals surface area contributed by atoms with Crippen LogP contribution in [0.1, 0.15) is 5.56 Å². The van der Waals surface area contributed by atoms with Crippen molar-refractivity contribution in [2.24, 2.45) is 0 Å². The summed E-state index contributed by atoms with van der Waals surface area (Å²) in [5.41, 5.74) is 1.74. The SMILES string of the molecule is Cc1cccc(NC(=O)CSc2nc(=O)n3cc(Cl)ccc3n2)c1. The number of fused-ring (bicyclic) bond motifs is 1. The minimum Gasteiger partial charge on any atom is -0.325 e. The minimum atomic E-state index is -0.482. The third-order valence-corrected chi connectivity index (χ3v) is 4.20. The van der Waals surface area contributed by atoms with Crippen molar-refractivity contribution in [2.75, 3.05) is 11.1 Å². The smallest absolute Gasteiger partial charge is 0.325 e. The number of nitrogens with one attached hydrogen (secondary N) is 1. The Labute approximate surface area is 146 Å². The number of anilines is 1. The van der Waals surface area contributed by atoms with Crippen LogP contribution in [0.25, 0.3) is 5.65 Å². The average molecular weight is 361 g/mol. The number of thioether (sulfide) groups is 1. The fourth-order valence-electron chi connectivity index (χ4n) is 2.08. The van der Waals surface area contributed by atoms with Crippen LogP contribution in [0.15, 0.2) is 52.5 Å². The second-order valence-corrected chi connectivity index (χ2v) is 6.45. The Morgan fingerprint density at radius 1 is 1.29 bits per heavy atom. The van der Waals surface area contributed by atoms with Gasteiger partial charge in [-0.1, -0.05) is 35.5 Å². The summed E-state index contributed by atoms with van der Waals surface area (Å²) in [7, 11) is 0. The molecule has 8 heteroatoms. The molecule has 0 saturated heterocycles. The van der Waals surface area contributed by atoms with Gasteiger partial charge in [-0.2, -0.15) is 4.98 Å². The monoisotopic (exact) mass is 360 g/mol. The second-order valence-electron chi connectivity index (χ2n) is 5.07. The zero-order chi connectivity index (χ0) is 17.1. The summed E-state index contributed by atoms with van der Waals surface area (Å²) >= 11 is 6.95. The van der Waals surface area contributed by atoms with Crippen LogP contribution in [0.2, 0.25) is 5.02 Å². The molecule has 3 rings (SSSR count). The Morgan fingerprint density at radius 3 is 2.92 bits per heavy atom. The minimum absolute atomic E-state index is 0.108. The van der Waals surface area contributed by atoms with Crippen molar-refractivity contribution < 1.29 is 4.79 Å². The average Bonchev–Trinajstić information content (AvgIpc) is 2.54. The van der Waals surface area contributed by atoms with E-state index >= 15 is 0 Å². The van der Waals surface area contributed by atoms with Crippen molar-refractivity contribution in [2.45, 2.75) is 12.1 Å². The topological polar surface area (TPSA) is 76.4 Å². The molecule has 122 valence electrons. The van der Waals surface area contributed by atoms with Gasteiger partial charge in [0.2, 0.25) is 5.91 Å². The van der Waals surface area contributed by atoms with Crippen molar-refractivity contribution in [3.05, 3.63) is 63.7 Å². The van der Waals surface area contributed by atoms with Gasteiger partial charge < -0.3 is 5.32 Å². The molecule has 0 unspecified atom stereocenters. The lowest BCUT2D eigenvalue weighted by Crippen LogP contribution is -2.20. The Kier molecular flexibility index (Phi) is 4.82. The van der Waals surface area contributed by atoms with E-state index in [4.69, 9.17) is 11.6 Å². The molecule has 0 aliphatic heterocycles. The standard InChI is InChI=1S/C16H13ClN4O2S/c1-10-3-2-4-12(7-10)18-14(22)9-24-15-19-13-6-5-11(17)8-21(13)16(23)20-15/h2-8H,9H2,1H3,(H,18,22). The summed E-state index contributed by atoms with van der Waals surface area (Å²) < 4.78 is 1.26. The number of carbonyl (C=O) groups is 1. The van der Waals surface area contributed by atoms with Gasteiger partial charge in [0.05, 0.1) is 10.8 Å². The Morgan fingerprint density at radius 2 is 2.12 bits per heavy atom. The molecule has 0 spiro atoms. The van der Waals surface area contributed by atoms with Gasteiger partial charge in [0, 0.05) is 11.9 Å². The summed E-state index contributed by atoms with van der Waals surface area (Å²) in [5, 5.41) is 3.47. The molecule has 0 aliphatic carbocycles. The molecule has 1 amide bonds.